The smallest absolute Gasteiger partial charge is 0.0130 e. The van der Waals surface area contributed by atoms with Crippen molar-refractivity contribution < 1.29 is 0 Å². The highest BCUT2D eigenvalue weighted by Gasteiger charge is 2.31. The maximum Gasteiger partial charge on any atom is 0.0130 e. The first kappa shape index (κ1) is 26.9. The molecule has 0 radical (unpaired) electrons. The third kappa shape index (κ3) is 9.67. The lowest BCUT2D eigenvalue weighted by Gasteiger charge is -2.46. The van der Waals surface area contributed by atoms with E-state index in [0.29, 0.717) is 6.04 Å². The van der Waals surface area contributed by atoms with Crippen molar-refractivity contribution in [2.75, 3.05) is 52.4 Å². The van der Waals surface area contributed by atoms with Gasteiger partial charge in [0.2, 0.25) is 0 Å². The summed E-state index contributed by atoms with van der Waals surface area (Å²) < 4.78 is 0. The van der Waals surface area contributed by atoms with Crippen molar-refractivity contribution in [3.8, 4) is 0 Å². The molecule has 0 bridgehead atoms. The monoisotopic (exact) mass is 410 g/mol. The van der Waals surface area contributed by atoms with Gasteiger partial charge in [0.25, 0.3) is 0 Å². The topological polar surface area (TPSA) is 13.0 Å². The molecule has 0 saturated carbocycles. The molecular formula is C25H54N4. The van der Waals surface area contributed by atoms with Gasteiger partial charge in [0, 0.05) is 61.9 Å². The Morgan fingerprint density at radius 3 is 1.31 bits per heavy atom. The van der Waals surface area contributed by atoms with Gasteiger partial charge in [-0.2, -0.15) is 0 Å². The van der Waals surface area contributed by atoms with Gasteiger partial charge in [-0.05, 0) is 102 Å². The third-order valence-corrected chi connectivity index (χ3v) is 6.30. The van der Waals surface area contributed by atoms with E-state index >= 15 is 0 Å². The van der Waals surface area contributed by atoms with Gasteiger partial charge in [-0.1, -0.05) is 0 Å². The maximum atomic E-state index is 2.68. The molecule has 1 rings (SSSR count). The zero-order valence-electron chi connectivity index (χ0n) is 21.9. The number of hydrogen-bond donors (Lipinski definition) is 0. The van der Waals surface area contributed by atoms with Gasteiger partial charge in [0.05, 0.1) is 0 Å². The van der Waals surface area contributed by atoms with Crippen molar-refractivity contribution in [1.82, 2.24) is 19.6 Å². The number of rotatable bonds is 9. The lowest BCUT2D eigenvalue weighted by molar-refractivity contribution is 0.0319. The van der Waals surface area contributed by atoms with Crippen LogP contribution in [0.4, 0.5) is 0 Å². The number of nitrogens with zero attached hydrogens (tertiary/aromatic N) is 4. The Bertz CT molecular complexity index is 431. The van der Waals surface area contributed by atoms with E-state index in [1.54, 1.807) is 0 Å². The fourth-order valence-corrected chi connectivity index (χ4v) is 5.20. The molecule has 0 amide bonds. The summed E-state index contributed by atoms with van der Waals surface area (Å²) in [6.07, 6.45) is 2.55. The normalized spacial score (nSPS) is 18.4. The fraction of sp³-hybridized carbons (Fsp3) is 1.00. The molecule has 4 nitrogen and oxygen atoms in total. The minimum atomic E-state index is 0.230. The van der Waals surface area contributed by atoms with Crippen molar-refractivity contribution in [3.63, 3.8) is 0 Å². The highest BCUT2D eigenvalue weighted by atomic mass is 15.3. The summed E-state index contributed by atoms with van der Waals surface area (Å²) in [5.74, 6) is 0. The Morgan fingerprint density at radius 2 is 1.00 bits per heavy atom. The van der Waals surface area contributed by atoms with Crippen LogP contribution >= 0.6 is 0 Å². The maximum absolute atomic E-state index is 2.68. The van der Waals surface area contributed by atoms with Crippen LogP contribution in [0.1, 0.15) is 89.0 Å². The molecule has 0 aromatic heterocycles. The van der Waals surface area contributed by atoms with Crippen LogP contribution < -0.4 is 0 Å². The summed E-state index contributed by atoms with van der Waals surface area (Å²) in [5, 5.41) is 0. The van der Waals surface area contributed by atoms with E-state index in [1.807, 2.05) is 0 Å². The van der Waals surface area contributed by atoms with Crippen molar-refractivity contribution in [3.05, 3.63) is 0 Å². The standard InChI is InChI=1S/C25H54N4/c1-22(2)28(23(3,4)5)16-12-14-26-18-20-27(21-19-26)15-13-17-29(24(6,7)8)25(9,10)11/h22H,12-21H2,1-11H3. The molecule has 0 aromatic rings. The molecule has 0 atom stereocenters. The number of piperazine rings is 1. The van der Waals surface area contributed by atoms with E-state index in [0.717, 1.165) is 0 Å². The van der Waals surface area contributed by atoms with Gasteiger partial charge in [0.1, 0.15) is 0 Å². The minimum Gasteiger partial charge on any atom is -0.301 e. The molecule has 0 spiro atoms. The molecule has 1 saturated heterocycles. The zero-order chi connectivity index (χ0) is 22.5. The van der Waals surface area contributed by atoms with Gasteiger partial charge < -0.3 is 9.80 Å². The van der Waals surface area contributed by atoms with Gasteiger partial charge in [0.15, 0.2) is 0 Å². The van der Waals surface area contributed by atoms with Crippen molar-refractivity contribution in [2.45, 2.75) is 112 Å². The predicted octanol–water partition coefficient (Wildman–Crippen LogP) is 4.79. The summed E-state index contributed by atoms with van der Waals surface area (Å²) >= 11 is 0. The highest BCUT2D eigenvalue weighted by Crippen LogP contribution is 2.25. The third-order valence-electron chi connectivity index (χ3n) is 6.30. The zero-order valence-corrected chi connectivity index (χ0v) is 21.9. The summed E-state index contributed by atoms with van der Waals surface area (Å²) in [5.41, 5.74) is 0.725. The van der Waals surface area contributed by atoms with Gasteiger partial charge in [-0.25, -0.2) is 0 Å². The molecule has 0 aliphatic carbocycles. The first-order valence-corrected chi connectivity index (χ1v) is 12.1. The molecule has 1 aliphatic heterocycles. The van der Waals surface area contributed by atoms with Crippen LogP contribution in [0.15, 0.2) is 0 Å². The predicted molar refractivity (Wildman–Crippen MR) is 130 cm³/mol. The Morgan fingerprint density at radius 1 is 0.621 bits per heavy atom. The largest absolute Gasteiger partial charge is 0.301 e. The lowest BCUT2D eigenvalue weighted by atomic mass is 9.95. The van der Waals surface area contributed by atoms with Crippen LogP contribution in [0.25, 0.3) is 0 Å². The molecule has 1 fully saturated rings. The average molecular weight is 411 g/mol. The van der Waals surface area contributed by atoms with Gasteiger partial charge in [-0.3, -0.25) is 9.80 Å². The van der Waals surface area contributed by atoms with E-state index in [4.69, 9.17) is 0 Å². The molecule has 0 aromatic carbocycles. The van der Waals surface area contributed by atoms with Gasteiger partial charge >= 0.3 is 0 Å². The van der Waals surface area contributed by atoms with E-state index in [2.05, 4.69) is 95.8 Å². The quantitative estimate of drug-likeness (QED) is 0.541. The van der Waals surface area contributed by atoms with Crippen LogP contribution in [0.2, 0.25) is 0 Å². The molecule has 0 N–H and O–H groups in total. The minimum absolute atomic E-state index is 0.230. The average Bonchev–Trinajstić information content (AvgIpc) is 2.52. The van der Waals surface area contributed by atoms with Crippen molar-refractivity contribution in [2.24, 2.45) is 0 Å². The van der Waals surface area contributed by atoms with Crippen LogP contribution in [-0.2, 0) is 0 Å². The second-order valence-electron chi connectivity index (χ2n) is 12.3. The molecule has 174 valence electrons. The van der Waals surface area contributed by atoms with Crippen LogP contribution in [0.3, 0.4) is 0 Å². The van der Waals surface area contributed by atoms with Crippen molar-refractivity contribution in [1.29, 1.82) is 0 Å². The van der Waals surface area contributed by atoms with Crippen LogP contribution in [-0.4, -0.2) is 94.6 Å². The lowest BCUT2D eigenvalue weighted by Crippen LogP contribution is -2.53. The van der Waals surface area contributed by atoms with Gasteiger partial charge in [-0.15, -0.1) is 0 Å². The Labute approximate surface area is 184 Å². The second-order valence-corrected chi connectivity index (χ2v) is 12.3. The Hall–Kier alpha value is -0.160. The van der Waals surface area contributed by atoms with E-state index in [9.17, 15) is 0 Å². The van der Waals surface area contributed by atoms with E-state index in [1.165, 1.54) is 65.2 Å². The first-order valence-electron chi connectivity index (χ1n) is 12.1. The van der Waals surface area contributed by atoms with E-state index < -0.39 is 0 Å². The van der Waals surface area contributed by atoms with Crippen LogP contribution in [0.5, 0.6) is 0 Å². The fourth-order valence-electron chi connectivity index (χ4n) is 5.20. The molecule has 1 aliphatic rings. The SMILES string of the molecule is CC(C)N(CCCN1CCN(CCCN(C(C)(C)C)C(C)(C)C)CC1)C(C)(C)C. The summed E-state index contributed by atoms with van der Waals surface area (Å²) in [6.45, 7) is 35.5. The summed E-state index contributed by atoms with van der Waals surface area (Å²) in [7, 11) is 0. The van der Waals surface area contributed by atoms with E-state index in [-0.39, 0.29) is 16.6 Å². The highest BCUT2D eigenvalue weighted by molar-refractivity contribution is 4.87. The molecule has 29 heavy (non-hydrogen) atoms. The summed E-state index contributed by atoms with van der Waals surface area (Å²) in [6, 6.07) is 0.618. The van der Waals surface area contributed by atoms with Crippen LogP contribution in [0, 0.1) is 0 Å². The molecule has 1 heterocycles. The Kier molecular flexibility index (Phi) is 10.1. The summed E-state index contributed by atoms with van der Waals surface area (Å²) in [4.78, 5) is 10.6. The molecule has 4 heteroatoms. The molecular weight excluding hydrogens is 356 g/mol. The van der Waals surface area contributed by atoms with Crippen molar-refractivity contribution >= 4 is 0 Å². The first-order chi connectivity index (χ1) is 13.1. The molecule has 0 unspecified atom stereocenters. The number of hydrogen-bond acceptors (Lipinski definition) is 4. The Balaban J connectivity index is 2.31. The second kappa shape index (κ2) is 10.9.